The van der Waals surface area contributed by atoms with Crippen molar-refractivity contribution in [2.75, 3.05) is 36.8 Å². The number of aliphatic carboxylic acids is 1. The summed E-state index contributed by atoms with van der Waals surface area (Å²) in [4.78, 5) is 33.3. The van der Waals surface area contributed by atoms with Gasteiger partial charge in [-0.1, -0.05) is 23.8 Å². The summed E-state index contributed by atoms with van der Waals surface area (Å²) >= 11 is 1.48. The molecule has 2 aromatic rings. The summed E-state index contributed by atoms with van der Waals surface area (Å²) in [7, 11) is 1.74. The number of hydrogen-bond donors (Lipinski definition) is 2. The summed E-state index contributed by atoms with van der Waals surface area (Å²) in [5.74, 6) is 4.66. The van der Waals surface area contributed by atoms with Gasteiger partial charge in [-0.25, -0.2) is 9.78 Å². The van der Waals surface area contributed by atoms with Gasteiger partial charge in [0.2, 0.25) is 5.95 Å². The van der Waals surface area contributed by atoms with Crippen LogP contribution in [0.25, 0.3) is 11.2 Å². The minimum atomic E-state index is -5.08. The molecule has 1 saturated heterocycles. The maximum Gasteiger partial charge on any atom is 0.490 e. The van der Waals surface area contributed by atoms with Gasteiger partial charge in [0.05, 0.1) is 6.54 Å². The van der Waals surface area contributed by atoms with E-state index in [1.54, 1.807) is 24.6 Å². The van der Waals surface area contributed by atoms with E-state index < -0.39 is 12.1 Å². The standard InChI is InChI=1S/C17H22N6OS.C2HF3O2/c1-4-6-9-23-13-14(19-16(23)22-10-7-18-8-11-22)20-17(25-12-5-2)21(3)15(13)24;3-2(4,5)1(6)7/h5,18H,2,7-12H2,1,3H3;(H,6,7). The van der Waals surface area contributed by atoms with Crippen LogP contribution >= 0.6 is 11.8 Å². The van der Waals surface area contributed by atoms with E-state index in [1.807, 2.05) is 4.57 Å². The number of halogens is 3. The molecule has 13 heteroatoms. The summed E-state index contributed by atoms with van der Waals surface area (Å²) in [5, 5.41) is 11.1. The van der Waals surface area contributed by atoms with Gasteiger partial charge in [0.15, 0.2) is 16.3 Å². The van der Waals surface area contributed by atoms with Gasteiger partial charge in [-0.15, -0.1) is 12.5 Å². The summed E-state index contributed by atoms with van der Waals surface area (Å²) < 4.78 is 35.2. The van der Waals surface area contributed by atoms with Crippen LogP contribution in [0.3, 0.4) is 0 Å². The lowest BCUT2D eigenvalue weighted by molar-refractivity contribution is -0.192. The average molecular weight is 472 g/mol. The zero-order chi connectivity index (χ0) is 23.9. The van der Waals surface area contributed by atoms with Crippen LogP contribution in [-0.4, -0.2) is 68.3 Å². The smallest absolute Gasteiger partial charge is 0.475 e. The van der Waals surface area contributed by atoms with E-state index in [0.717, 1.165) is 32.1 Å². The van der Waals surface area contributed by atoms with Gasteiger partial charge in [-0.2, -0.15) is 18.2 Å². The Labute approximate surface area is 186 Å². The number of hydrogen-bond acceptors (Lipinski definition) is 7. The maximum absolute atomic E-state index is 12.9. The van der Waals surface area contributed by atoms with Gasteiger partial charge in [0.25, 0.3) is 5.56 Å². The summed E-state index contributed by atoms with van der Waals surface area (Å²) in [5.41, 5.74) is 0.909. The van der Waals surface area contributed by atoms with Gasteiger partial charge >= 0.3 is 12.1 Å². The topological polar surface area (TPSA) is 105 Å². The molecule has 3 rings (SSSR count). The zero-order valence-electron chi connectivity index (χ0n) is 17.6. The number of alkyl halides is 3. The molecule has 1 fully saturated rings. The molecule has 2 N–H and O–H groups in total. The molecule has 0 unspecified atom stereocenters. The van der Waals surface area contributed by atoms with E-state index in [-0.39, 0.29) is 5.56 Å². The molecule has 0 bridgehead atoms. The first kappa shape index (κ1) is 25.3. The van der Waals surface area contributed by atoms with E-state index in [1.165, 1.54) is 11.8 Å². The minimum Gasteiger partial charge on any atom is -0.475 e. The van der Waals surface area contributed by atoms with Gasteiger partial charge in [-0.05, 0) is 6.92 Å². The first-order valence-corrected chi connectivity index (χ1v) is 10.5. The van der Waals surface area contributed by atoms with Crippen LogP contribution in [0.15, 0.2) is 22.6 Å². The fourth-order valence-corrected chi connectivity index (χ4v) is 3.50. The molecular weight excluding hydrogens is 449 g/mol. The van der Waals surface area contributed by atoms with Crippen LogP contribution in [0.4, 0.5) is 19.1 Å². The number of carbonyl (C=O) groups is 1. The summed E-state index contributed by atoms with van der Waals surface area (Å²) in [6.07, 6.45) is -3.29. The highest BCUT2D eigenvalue weighted by molar-refractivity contribution is 7.99. The first-order valence-electron chi connectivity index (χ1n) is 9.48. The molecule has 0 atom stereocenters. The van der Waals surface area contributed by atoms with Gasteiger partial charge in [-0.3, -0.25) is 13.9 Å². The van der Waals surface area contributed by atoms with Crippen LogP contribution in [0.5, 0.6) is 0 Å². The predicted molar refractivity (Wildman–Crippen MR) is 116 cm³/mol. The fourth-order valence-electron chi connectivity index (χ4n) is 2.81. The van der Waals surface area contributed by atoms with Crippen molar-refractivity contribution < 1.29 is 23.1 Å². The van der Waals surface area contributed by atoms with Crippen molar-refractivity contribution in [3.63, 3.8) is 0 Å². The lowest BCUT2D eigenvalue weighted by Gasteiger charge is -2.28. The highest BCUT2D eigenvalue weighted by atomic mass is 32.2. The molecule has 0 aliphatic carbocycles. The largest absolute Gasteiger partial charge is 0.490 e. The number of anilines is 1. The monoisotopic (exact) mass is 472 g/mol. The van der Waals surface area contributed by atoms with E-state index in [0.29, 0.717) is 28.6 Å². The Morgan fingerprint density at radius 3 is 2.50 bits per heavy atom. The molecule has 3 heterocycles. The second-order valence-electron chi connectivity index (χ2n) is 6.50. The highest BCUT2D eigenvalue weighted by Gasteiger charge is 2.38. The van der Waals surface area contributed by atoms with Crippen LogP contribution in [0.1, 0.15) is 6.92 Å². The molecule has 1 aliphatic rings. The van der Waals surface area contributed by atoms with Crippen molar-refractivity contribution in [3.8, 4) is 11.8 Å². The molecule has 1 aliphatic heterocycles. The number of thioether (sulfide) groups is 1. The highest BCUT2D eigenvalue weighted by Crippen LogP contribution is 2.22. The predicted octanol–water partition coefficient (Wildman–Crippen LogP) is 1.47. The molecule has 174 valence electrons. The second-order valence-corrected chi connectivity index (χ2v) is 7.48. The van der Waals surface area contributed by atoms with E-state index in [4.69, 9.17) is 9.90 Å². The average Bonchev–Trinajstić information content (AvgIpc) is 3.12. The van der Waals surface area contributed by atoms with Crippen molar-refractivity contribution >= 4 is 34.8 Å². The van der Waals surface area contributed by atoms with Gasteiger partial charge < -0.3 is 15.3 Å². The SMILES string of the molecule is C=CCSc1nc2nc(N3CCNCC3)n(CC#CC)c2c(=O)n1C.O=C(O)C(F)(F)F. The van der Waals surface area contributed by atoms with E-state index in [2.05, 4.69) is 38.6 Å². The first-order chi connectivity index (χ1) is 15.1. The Morgan fingerprint density at radius 2 is 1.97 bits per heavy atom. The number of nitrogens with zero attached hydrogens (tertiary/aromatic N) is 5. The third kappa shape index (κ3) is 6.04. The lowest BCUT2D eigenvalue weighted by atomic mass is 10.4. The van der Waals surface area contributed by atoms with Crippen molar-refractivity contribution in [2.45, 2.75) is 24.8 Å². The van der Waals surface area contributed by atoms with Gasteiger partial charge in [0.1, 0.15) is 0 Å². The summed E-state index contributed by atoms with van der Waals surface area (Å²) in [6.45, 7) is 9.44. The van der Waals surface area contributed by atoms with Crippen LogP contribution in [0, 0.1) is 11.8 Å². The third-order valence-corrected chi connectivity index (χ3v) is 5.34. The van der Waals surface area contributed by atoms with Crippen LogP contribution in [-0.2, 0) is 18.4 Å². The number of imidazole rings is 1. The Kier molecular flexibility index (Phi) is 8.73. The maximum atomic E-state index is 12.9. The van der Waals surface area contributed by atoms with Crippen molar-refractivity contribution in [2.24, 2.45) is 7.05 Å². The summed E-state index contributed by atoms with van der Waals surface area (Å²) in [6, 6.07) is 0. The number of fused-ring (bicyclic) bond motifs is 1. The normalized spacial score (nSPS) is 13.7. The molecule has 0 radical (unpaired) electrons. The molecule has 0 spiro atoms. The number of aromatic nitrogens is 4. The number of rotatable bonds is 5. The van der Waals surface area contributed by atoms with E-state index >= 15 is 0 Å². The number of carboxylic acid groups (broad SMARTS) is 1. The Morgan fingerprint density at radius 1 is 1.34 bits per heavy atom. The molecule has 0 saturated carbocycles. The Balaban J connectivity index is 0.000000451. The Bertz CT molecular complexity index is 1090. The Hall–Kier alpha value is -2.98. The van der Waals surface area contributed by atoms with Crippen molar-refractivity contribution in [1.29, 1.82) is 0 Å². The fraction of sp³-hybridized carbons (Fsp3) is 0.474. The minimum absolute atomic E-state index is 0.0941. The molecule has 0 aromatic carbocycles. The third-order valence-electron chi connectivity index (χ3n) is 4.31. The van der Waals surface area contributed by atoms with Crippen LogP contribution in [0.2, 0.25) is 0 Å². The van der Waals surface area contributed by atoms with E-state index in [9.17, 15) is 18.0 Å². The molecule has 9 nitrogen and oxygen atoms in total. The number of carboxylic acids is 1. The van der Waals surface area contributed by atoms with Crippen LogP contribution < -0.4 is 15.8 Å². The molecule has 2 aromatic heterocycles. The van der Waals surface area contributed by atoms with Crippen molar-refractivity contribution in [1.82, 2.24) is 24.4 Å². The quantitative estimate of drug-likeness (QED) is 0.292. The second kappa shape index (κ2) is 11.1. The zero-order valence-corrected chi connectivity index (χ0v) is 18.4. The van der Waals surface area contributed by atoms with Crippen molar-refractivity contribution in [3.05, 3.63) is 23.0 Å². The lowest BCUT2D eigenvalue weighted by Crippen LogP contribution is -2.44. The van der Waals surface area contributed by atoms with Gasteiger partial charge in [0, 0.05) is 39.0 Å². The molecular formula is C19H23F3N6O3S. The molecule has 32 heavy (non-hydrogen) atoms. The number of piperazine rings is 1. The molecule has 0 amide bonds. The number of nitrogens with one attached hydrogen (secondary N) is 1.